The minimum atomic E-state index is 0.671. The van der Waals surface area contributed by atoms with Crippen LogP contribution in [-0.4, -0.2) is 14.5 Å². The molecule has 0 radical (unpaired) electrons. The highest BCUT2D eigenvalue weighted by Gasteiger charge is 2.22. The fraction of sp³-hybridized carbons (Fsp3) is 0. The smallest absolute Gasteiger partial charge is 0.235 e. The molecule has 0 aliphatic heterocycles. The van der Waals surface area contributed by atoms with Crippen LogP contribution in [0.1, 0.15) is 0 Å². The number of fused-ring (bicyclic) bond motifs is 6. The van der Waals surface area contributed by atoms with Crippen molar-refractivity contribution < 1.29 is 0 Å². The van der Waals surface area contributed by atoms with E-state index >= 15 is 0 Å². The molecule has 10 aromatic rings. The average molecular weight is 572 g/mol. The van der Waals surface area contributed by atoms with E-state index in [2.05, 4.69) is 150 Å². The second kappa shape index (κ2) is 9.22. The molecule has 2 heterocycles. The summed E-state index contributed by atoms with van der Waals surface area (Å²) in [5.41, 5.74) is 6.19. The van der Waals surface area contributed by atoms with Crippen LogP contribution in [0.4, 0.5) is 0 Å². The Morgan fingerprint density at radius 1 is 0.378 bits per heavy atom. The zero-order chi connectivity index (χ0) is 29.5. The van der Waals surface area contributed by atoms with Crippen molar-refractivity contribution in [1.29, 1.82) is 0 Å². The third kappa shape index (κ3) is 3.46. The SMILES string of the molecule is c1ccc(-c2cc(-c3cccc4ccccc34)nc(-n3c4cccc5c6ccc7ccccc7c6c6cccc3c6c54)n2)cc1. The van der Waals surface area contributed by atoms with Gasteiger partial charge >= 0.3 is 0 Å². The zero-order valence-electron chi connectivity index (χ0n) is 24.3. The quantitative estimate of drug-likeness (QED) is 0.198. The van der Waals surface area contributed by atoms with E-state index in [0.717, 1.165) is 33.5 Å². The van der Waals surface area contributed by atoms with Gasteiger partial charge < -0.3 is 0 Å². The second-order valence-electron chi connectivity index (χ2n) is 11.8. The number of nitrogens with zero attached hydrogens (tertiary/aromatic N) is 3. The Morgan fingerprint density at radius 2 is 0.956 bits per heavy atom. The molecule has 208 valence electrons. The molecule has 0 N–H and O–H groups in total. The van der Waals surface area contributed by atoms with Crippen LogP contribution in [0, 0.1) is 0 Å². The molecule has 0 atom stereocenters. The summed E-state index contributed by atoms with van der Waals surface area (Å²) in [6, 6.07) is 54.1. The summed E-state index contributed by atoms with van der Waals surface area (Å²) in [6.45, 7) is 0. The van der Waals surface area contributed by atoms with Crippen LogP contribution in [0.25, 0.3) is 93.4 Å². The summed E-state index contributed by atoms with van der Waals surface area (Å²) in [6.07, 6.45) is 0. The van der Waals surface area contributed by atoms with E-state index < -0.39 is 0 Å². The minimum Gasteiger partial charge on any atom is -0.278 e. The molecule has 0 amide bonds. The molecule has 10 rings (SSSR count). The van der Waals surface area contributed by atoms with Gasteiger partial charge in [0.25, 0.3) is 0 Å². The standard InChI is InChI=1S/C42H25N3/c1-2-13-28(14-3-1)35-25-36(31-18-8-15-26-11-4-6-16-29(26)31)44-42(43-35)45-37-21-9-19-32-33-24-23-27-12-5-7-17-30(27)39(33)34-20-10-22-38(45)41(34)40(32)37/h1-25H. The molecule has 3 heteroatoms. The van der Waals surface area contributed by atoms with Gasteiger partial charge in [0.1, 0.15) is 0 Å². The Morgan fingerprint density at radius 3 is 1.78 bits per heavy atom. The Balaban J connectivity index is 1.36. The van der Waals surface area contributed by atoms with Crippen molar-refractivity contribution in [2.75, 3.05) is 0 Å². The van der Waals surface area contributed by atoms with Crippen molar-refractivity contribution >= 4 is 64.9 Å². The number of aromatic nitrogens is 3. The summed E-state index contributed by atoms with van der Waals surface area (Å²) in [4.78, 5) is 10.6. The molecule has 45 heavy (non-hydrogen) atoms. The summed E-state index contributed by atoms with van der Waals surface area (Å²) >= 11 is 0. The van der Waals surface area contributed by atoms with Crippen molar-refractivity contribution in [3.63, 3.8) is 0 Å². The number of hydrogen-bond donors (Lipinski definition) is 0. The van der Waals surface area contributed by atoms with E-state index in [4.69, 9.17) is 9.97 Å². The van der Waals surface area contributed by atoms with Crippen LogP contribution >= 0.6 is 0 Å². The molecule has 0 saturated carbocycles. The van der Waals surface area contributed by atoms with Crippen LogP contribution in [0.2, 0.25) is 0 Å². The molecule has 2 aromatic heterocycles. The Bertz CT molecular complexity index is 2750. The first kappa shape index (κ1) is 24.4. The van der Waals surface area contributed by atoms with Crippen LogP contribution < -0.4 is 0 Å². The van der Waals surface area contributed by atoms with Gasteiger partial charge in [-0.15, -0.1) is 0 Å². The van der Waals surface area contributed by atoms with Crippen LogP contribution in [0.15, 0.2) is 152 Å². The molecule has 0 aliphatic carbocycles. The molecule has 0 unspecified atom stereocenters. The van der Waals surface area contributed by atoms with Gasteiger partial charge in [0.2, 0.25) is 5.95 Å². The number of hydrogen-bond acceptors (Lipinski definition) is 2. The van der Waals surface area contributed by atoms with Crippen molar-refractivity contribution in [2.45, 2.75) is 0 Å². The average Bonchev–Trinajstić information content (AvgIpc) is 3.46. The first-order chi connectivity index (χ1) is 22.3. The van der Waals surface area contributed by atoms with Crippen molar-refractivity contribution in [3.8, 4) is 28.5 Å². The Labute approximate surface area is 259 Å². The van der Waals surface area contributed by atoms with E-state index in [-0.39, 0.29) is 0 Å². The summed E-state index contributed by atoms with van der Waals surface area (Å²) in [5, 5.41) is 12.5. The molecule has 8 aromatic carbocycles. The van der Waals surface area contributed by atoms with E-state index in [9.17, 15) is 0 Å². The molecule has 0 aliphatic rings. The maximum Gasteiger partial charge on any atom is 0.235 e. The monoisotopic (exact) mass is 571 g/mol. The van der Waals surface area contributed by atoms with Gasteiger partial charge in [-0.3, -0.25) is 4.57 Å². The summed E-state index contributed by atoms with van der Waals surface area (Å²) in [5.74, 6) is 0.671. The molecule has 0 fully saturated rings. The van der Waals surface area contributed by atoms with Gasteiger partial charge in [0.05, 0.1) is 22.4 Å². The second-order valence-corrected chi connectivity index (χ2v) is 11.8. The topological polar surface area (TPSA) is 30.7 Å². The first-order valence-electron chi connectivity index (χ1n) is 15.4. The van der Waals surface area contributed by atoms with E-state index in [1.165, 1.54) is 53.9 Å². The molecule has 0 bridgehead atoms. The van der Waals surface area contributed by atoms with Crippen molar-refractivity contribution in [2.24, 2.45) is 0 Å². The normalized spacial score (nSPS) is 12.0. The van der Waals surface area contributed by atoms with Gasteiger partial charge in [-0.25, -0.2) is 9.97 Å². The largest absolute Gasteiger partial charge is 0.278 e. The van der Waals surface area contributed by atoms with E-state index in [1.807, 2.05) is 6.07 Å². The molecule has 0 saturated heterocycles. The minimum absolute atomic E-state index is 0.671. The lowest BCUT2D eigenvalue weighted by Gasteiger charge is -2.13. The molecular formula is C42H25N3. The van der Waals surface area contributed by atoms with Crippen molar-refractivity contribution in [1.82, 2.24) is 14.5 Å². The fourth-order valence-electron chi connectivity index (χ4n) is 7.42. The highest BCUT2D eigenvalue weighted by molar-refractivity contribution is 6.37. The van der Waals surface area contributed by atoms with E-state index in [0.29, 0.717) is 5.95 Å². The maximum absolute atomic E-state index is 5.35. The van der Waals surface area contributed by atoms with Gasteiger partial charge in [-0.05, 0) is 61.3 Å². The Hall–Kier alpha value is -6.06. The van der Waals surface area contributed by atoms with Crippen molar-refractivity contribution in [3.05, 3.63) is 152 Å². The lowest BCUT2D eigenvalue weighted by Crippen LogP contribution is -2.04. The van der Waals surface area contributed by atoms with Gasteiger partial charge in [0.15, 0.2) is 0 Å². The highest BCUT2D eigenvalue weighted by atomic mass is 15.2. The van der Waals surface area contributed by atoms with Gasteiger partial charge in [-0.1, -0.05) is 133 Å². The zero-order valence-corrected chi connectivity index (χ0v) is 24.3. The predicted octanol–water partition coefficient (Wildman–Crippen LogP) is 11.0. The third-order valence-electron chi connectivity index (χ3n) is 9.35. The van der Waals surface area contributed by atoms with Gasteiger partial charge in [-0.2, -0.15) is 0 Å². The fourth-order valence-corrected chi connectivity index (χ4v) is 7.42. The summed E-state index contributed by atoms with van der Waals surface area (Å²) in [7, 11) is 0. The molecule has 0 spiro atoms. The van der Waals surface area contributed by atoms with Crippen LogP contribution in [-0.2, 0) is 0 Å². The lowest BCUT2D eigenvalue weighted by molar-refractivity contribution is 0.996. The third-order valence-corrected chi connectivity index (χ3v) is 9.35. The molecule has 3 nitrogen and oxygen atoms in total. The van der Waals surface area contributed by atoms with E-state index in [1.54, 1.807) is 0 Å². The Kier molecular flexibility index (Phi) is 5.00. The van der Waals surface area contributed by atoms with Crippen LogP contribution in [0.5, 0.6) is 0 Å². The molecular weight excluding hydrogens is 546 g/mol. The first-order valence-corrected chi connectivity index (χ1v) is 15.4. The predicted molar refractivity (Wildman–Crippen MR) is 188 cm³/mol. The van der Waals surface area contributed by atoms with Gasteiger partial charge in [0, 0.05) is 21.9 Å². The highest BCUT2D eigenvalue weighted by Crippen LogP contribution is 2.45. The number of benzene rings is 8. The lowest BCUT2D eigenvalue weighted by atomic mass is 9.91. The summed E-state index contributed by atoms with van der Waals surface area (Å²) < 4.78 is 2.27. The van der Waals surface area contributed by atoms with Crippen LogP contribution in [0.3, 0.4) is 0 Å². The number of rotatable bonds is 3. The maximum atomic E-state index is 5.35.